The van der Waals surface area contributed by atoms with Crippen molar-refractivity contribution < 1.29 is 17.9 Å². The molecule has 0 atom stereocenters. The summed E-state index contributed by atoms with van der Waals surface area (Å²) in [5.74, 6) is 1.58. The molecule has 0 fully saturated rings. The van der Waals surface area contributed by atoms with Crippen molar-refractivity contribution in [1.82, 2.24) is 10.6 Å². The number of amides is 1. The SMILES string of the molecule is O=C(NCCc1ccc(C2=NCCN2)cc1)c1ccc(S(=O)(=O)Nc2ccccc2Oc2ccc(Br)cc2)cc1. The molecule has 1 aliphatic rings. The quantitative estimate of drug-likeness (QED) is 0.222. The average Bonchev–Trinajstić information content (AvgIpc) is 3.51. The maximum Gasteiger partial charge on any atom is 0.262 e. The van der Waals surface area contributed by atoms with E-state index in [1.165, 1.54) is 24.3 Å². The number of hydrogen-bond donors (Lipinski definition) is 3. The van der Waals surface area contributed by atoms with Crippen LogP contribution in [-0.4, -0.2) is 39.8 Å². The molecule has 0 spiro atoms. The lowest BCUT2D eigenvalue weighted by Gasteiger charge is -2.14. The maximum atomic E-state index is 13.1. The van der Waals surface area contributed by atoms with Crippen molar-refractivity contribution in [3.8, 4) is 11.5 Å². The van der Waals surface area contributed by atoms with Crippen LogP contribution in [0.25, 0.3) is 0 Å². The zero-order chi connectivity index (χ0) is 28.0. The number of rotatable bonds is 10. The number of ether oxygens (including phenoxy) is 1. The van der Waals surface area contributed by atoms with E-state index in [1.807, 2.05) is 36.4 Å². The number of aliphatic imine (C=N–C) groups is 1. The third-order valence-corrected chi connectivity index (χ3v) is 8.11. The molecule has 8 nitrogen and oxygen atoms in total. The molecule has 4 aromatic carbocycles. The number of benzene rings is 4. The Morgan fingerprint density at radius 1 is 0.925 bits per heavy atom. The van der Waals surface area contributed by atoms with Gasteiger partial charge in [0.25, 0.3) is 15.9 Å². The smallest absolute Gasteiger partial charge is 0.262 e. The van der Waals surface area contributed by atoms with E-state index >= 15 is 0 Å². The molecule has 3 N–H and O–H groups in total. The standard InChI is InChI=1S/C30H27BrN4O4S/c31-24-11-13-25(14-12-24)39-28-4-2-1-3-27(28)35-40(37,38)26-15-9-23(10-16-26)30(36)34-18-17-21-5-7-22(8-6-21)29-32-19-20-33-29/h1-16,35H,17-20H2,(H,32,33)(H,34,36). The third kappa shape index (κ3) is 6.88. The molecule has 5 rings (SSSR count). The number of nitrogens with zero attached hydrogens (tertiary/aromatic N) is 1. The summed E-state index contributed by atoms with van der Waals surface area (Å²) in [4.78, 5) is 17.1. The van der Waals surface area contributed by atoms with Gasteiger partial charge in [0, 0.05) is 28.7 Å². The number of carbonyl (C=O) groups is 1. The lowest BCUT2D eigenvalue weighted by Crippen LogP contribution is -2.25. The highest BCUT2D eigenvalue weighted by Gasteiger charge is 2.18. The number of para-hydroxylation sites is 2. The highest BCUT2D eigenvalue weighted by atomic mass is 79.9. The van der Waals surface area contributed by atoms with Crippen molar-refractivity contribution in [3.63, 3.8) is 0 Å². The fraction of sp³-hybridized carbons (Fsp3) is 0.133. The number of sulfonamides is 1. The summed E-state index contributed by atoms with van der Waals surface area (Å²) in [5, 5.41) is 6.14. The minimum atomic E-state index is -3.92. The van der Waals surface area contributed by atoms with Gasteiger partial charge in [0.2, 0.25) is 0 Å². The summed E-state index contributed by atoms with van der Waals surface area (Å²) in [7, 11) is -3.92. The van der Waals surface area contributed by atoms with Gasteiger partial charge >= 0.3 is 0 Å². The number of anilines is 1. The zero-order valence-corrected chi connectivity index (χ0v) is 23.8. The Bertz CT molecular complexity index is 1620. The van der Waals surface area contributed by atoms with Gasteiger partial charge in [-0.1, -0.05) is 52.3 Å². The Balaban J connectivity index is 1.17. The van der Waals surface area contributed by atoms with Crippen LogP contribution in [0, 0.1) is 0 Å². The van der Waals surface area contributed by atoms with Gasteiger partial charge in [-0.25, -0.2) is 8.42 Å². The minimum absolute atomic E-state index is 0.0314. The fourth-order valence-corrected chi connectivity index (χ4v) is 5.44. The van der Waals surface area contributed by atoms with Crippen molar-refractivity contribution in [2.45, 2.75) is 11.3 Å². The predicted molar refractivity (Wildman–Crippen MR) is 160 cm³/mol. The first-order valence-corrected chi connectivity index (χ1v) is 15.0. The van der Waals surface area contributed by atoms with E-state index in [1.54, 1.807) is 36.4 Å². The summed E-state index contributed by atoms with van der Waals surface area (Å²) in [6.07, 6.45) is 0.671. The molecule has 1 heterocycles. The Kier molecular flexibility index (Phi) is 8.47. The number of halogens is 1. The molecule has 0 radical (unpaired) electrons. The second-order valence-electron chi connectivity index (χ2n) is 9.04. The van der Waals surface area contributed by atoms with E-state index in [9.17, 15) is 13.2 Å². The van der Waals surface area contributed by atoms with E-state index in [0.29, 0.717) is 35.7 Å². The Morgan fingerprint density at radius 3 is 2.35 bits per heavy atom. The van der Waals surface area contributed by atoms with Gasteiger partial charge < -0.3 is 15.4 Å². The first-order valence-electron chi connectivity index (χ1n) is 12.7. The molecule has 0 saturated carbocycles. The highest BCUT2D eigenvalue weighted by Crippen LogP contribution is 2.31. The van der Waals surface area contributed by atoms with Gasteiger partial charge in [0.05, 0.1) is 17.1 Å². The lowest BCUT2D eigenvalue weighted by atomic mass is 10.1. The van der Waals surface area contributed by atoms with Crippen molar-refractivity contribution in [2.24, 2.45) is 4.99 Å². The summed E-state index contributed by atoms with van der Waals surface area (Å²) in [5.41, 5.74) is 2.82. The molecule has 1 amide bonds. The summed E-state index contributed by atoms with van der Waals surface area (Å²) < 4.78 is 35.5. The Labute approximate surface area is 241 Å². The van der Waals surface area contributed by atoms with E-state index in [-0.39, 0.29) is 10.8 Å². The number of amidine groups is 1. The van der Waals surface area contributed by atoms with Crippen molar-refractivity contribution in [1.29, 1.82) is 0 Å². The molecule has 0 aromatic heterocycles. The zero-order valence-electron chi connectivity index (χ0n) is 21.4. The molecule has 40 heavy (non-hydrogen) atoms. The van der Waals surface area contributed by atoms with Crippen molar-refractivity contribution >= 4 is 43.4 Å². The number of hydrogen-bond acceptors (Lipinski definition) is 6. The summed E-state index contributed by atoms with van der Waals surface area (Å²) in [6, 6.07) is 27.9. The van der Waals surface area contributed by atoms with Crippen LogP contribution in [0.15, 0.2) is 111 Å². The lowest BCUT2D eigenvalue weighted by molar-refractivity contribution is 0.0954. The van der Waals surface area contributed by atoms with Crippen LogP contribution < -0.4 is 20.1 Å². The fourth-order valence-electron chi connectivity index (χ4n) is 4.10. The molecule has 4 aromatic rings. The van der Waals surface area contributed by atoms with Crippen LogP contribution in [0.4, 0.5) is 5.69 Å². The van der Waals surface area contributed by atoms with Gasteiger partial charge in [0.1, 0.15) is 11.6 Å². The van der Waals surface area contributed by atoms with Gasteiger partial charge in [-0.2, -0.15) is 0 Å². The number of carbonyl (C=O) groups excluding carboxylic acids is 1. The number of nitrogens with one attached hydrogen (secondary N) is 3. The molecule has 10 heteroatoms. The minimum Gasteiger partial charge on any atom is -0.455 e. The van der Waals surface area contributed by atoms with Crippen LogP contribution in [-0.2, 0) is 16.4 Å². The van der Waals surface area contributed by atoms with E-state index in [0.717, 1.165) is 34.5 Å². The van der Waals surface area contributed by atoms with Crippen molar-refractivity contribution in [2.75, 3.05) is 24.4 Å². The summed E-state index contributed by atoms with van der Waals surface area (Å²) >= 11 is 3.38. The largest absolute Gasteiger partial charge is 0.455 e. The van der Waals surface area contributed by atoms with E-state index in [2.05, 4.69) is 36.3 Å². The Morgan fingerprint density at radius 2 is 1.65 bits per heavy atom. The van der Waals surface area contributed by atoms with Crippen LogP contribution in [0.5, 0.6) is 11.5 Å². The van der Waals surface area contributed by atoms with Crippen LogP contribution in [0.3, 0.4) is 0 Å². The molecule has 0 unspecified atom stereocenters. The van der Waals surface area contributed by atoms with Crippen molar-refractivity contribution in [3.05, 3.63) is 118 Å². The van der Waals surface area contributed by atoms with Crippen LogP contribution >= 0.6 is 15.9 Å². The summed E-state index contributed by atoms with van der Waals surface area (Å²) in [6.45, 7) is 2.11. The third-order valence-electron chi connectivity index (χ3n) is 6.20. The van der Waals surface area contributed by atoms with E-state index < -0.39 is 10.0 Å². The van der Waals surface area contributed by atoms with E-state index in [4.69, 9.17) is 4.74 Å². The molecule has 0 aliphatic carbocycles. The van der Waals surface area contributed by atoms with Gasteiger partial charge in [-0.15, -0.1) is 0 Å². The van der Waals surface area contributed by atoms with Gasteiger partial charge in [0.15, 0.2) is 5.75 Å². The molecule has 204 valence electrons. The normalized spacial score (nSPS) is 12.8. The second-order valence-corrected chi connectivity index (χ2v) is 11.6. The molecule has 0 saturated heterocycles. The molecular weight excluding hydrogens is 592 g/mol. The average molecular weight is 620 g/mol. The maximum absolute atomic E-state index is 13.1. The van der Waals surface area contributed by atoms with Crippen LogP contribution in [0.1, 0.15) is 21.5 Å². The highest BCUT2D eigenvalue weighted by molar-refractivity contribution is 9.10. The van der Waals surface area contributed by atoms with Gasteiger partial charge in [-0.3, -0.25) is 14.5 Å². The molecule has 0 bridgehead atoms. The topological polar surface area (TPSA) is 109 Å². The van der Waals surface area contributed by atoms with Gasteiger partial charge in [-0.05, 0) is 72.6 Å². The first-order chi connectivity index (χ1) is 19.4. The second kappa shape index (κ2) is 12.4. The Hall–Kier alpha value is -4.15. The predicted octanol–water partition coefficient (Wildman–Crippen LogP) is 5.36. The first kappa shape index (κ1) is 27.4. The van der Waals surface area contributed by atoms with Crippen LogP contribution in [0.2, 0.25) is 0 Å². The molecular formula is C30H27BrN4O4S. The monoisotopic (exact) mass is 618 g/mol. The molecule has 1 aliphatic heterocycles.